The number of rotatable bonds is 8. The maximum atomic E-state index is 12.9. The topological polar surface area (TPSA) is 114 Å². The number of alkyl halides is 3. The maximum Gasteiger partial charge on any atom is 0.393 e. The van der Waals surface area contributed by atoms with Gasteiger partial charge in [-0.3, -0.25) is 14.6 Å². The third-order valence-electron chi connectivity index (χ3n) is 8.75. The molecule has 4 aromatic rings. The summed E-state index contributed by atoms with van der Waals surface area (Å²) in [5.41, 5.74) is 2.16. The first-order chi connectivity index (χ1) is 21.6. The van der Waals surface area contributed by atoms with Crippen LogP contribution in [0.25, 0.3) is 21.1 Å². The van der Waals surface area contributed by atoms with Crippen molar-refractivity contribution in [3.8, 4) is 11.8 Å². The van der Waals surface area contributed by atoms with Crippen LogP contribution in [0.1, 0.15) is 35.9 Å². The van der Waals surface area contributed by atoms with Gasteiger partial charge in [-0.15, -0.1) is 11.3 Å². The van der Waals surface area contributed by atoms with Crippen molar-refractivity contribution < 1.29 is 23.1 Å². The average Bonchev–Trinajstić information content (AvgIpc) is 3.56. The number of nitrogens with zero attached hydrogens (tertiary/aromatic N) is 7. The first-order valence-electron chi connectivity index (χ1n) is 15.1. The number of benzene rings is 1. The van der Waals surface area contributed by atoms with E-state index in [0.717, 1.165) is 73.4 Å². The lowest BCUT2D eigenvalue weighted by atomic mass is 10.0. The number of piperazine rings is 1. The minimum absolute atomic E-state index is 0.0937. The van der Waals surface area contributed by atoms with E-state index in [1.807, 2.05) is 21.6 Å². The minimum Gasteiger partial charge on any atom is -0.508 e. The number of fused-ring (bicyclic) bond motifs is 2. The van der Waals surface area contributed by atoms with E-state index in [4.69, 9.17) is 0 Å². The summed E-state index contributed by atoms with van der Waals surface area (Å²) < 4.78 is 40.7. The summed E-state index contributed by atoms with van der Waals surface area (Å²) in [6.07, 6.45) is -2.25. The van der Waals surface area contributed by atoms with Gasteiger partial charge in [0.05, 0.1) is 17.3 Å². The van der Waals surface area contributed by atoms with Crippen molar-refractivity contribution in [3.05, 3.63) is 46.7 Å². The van der Waals surface area contributed by atoms with Crippen molar-refractivity contribution >= 4 is 44.2 Å². The number of likely N-dealkylation sites (tertiary alicyclic amines) is 1. The number of phenolic OH excluding ortho intramolecular Hbond substituents is 1. The maximum absolute atomic E-state index is 12.9. The van der Waals surface area contributed by atoms with E-state index in [-0.39, 0.29) is 22.6 Å². The van der Waals surface area contributed by atoms with Crippen LogP contribution >= 0.6 is 11.3 Å². The summed E-state index contributed by atoms with van der Waals surface area (Å²) in [5.74, 6) is 0.843. The largest absolute Gasteiger partial charge is 0.508 e. The van der Waals surface area contributed by atoms with Gasteiger partial charge in [-0.05, 0) is 31.0 Å². The highest BCUT2D eigenvalue weighted by Gasteiger charge is 2.29. The average molecular weight is 641 g/mol. The van der Waals surface area contributed by atoms with Gasteiger partial charge in [0.25, 0.3) is 0 Å². The molecule has 45 heavy (non-hydrogen) atoms. The van der Waals surface area contributed by atoms with Crippen LogP contribution in [0.4, 0.5) is 19.0 Å². The summed E-state index contributed by atoms with van der Waals surface area (Å²) in [4.78, 5) is 27.3. The van der Waals surface area contributed by atoms with E-state index in [1.54, 1.807) is 13.0 Å². The molecule has 5 heterocycles. The molecule has 0 spiro atoms. The fraction of sp³-hybridized carbons (Fsp3) is 0.484. The van der Waals surface area contributed by atoms with Crippen LogP contribution < -0.4 is 5.32 Å². The number of nitriles is 1. The van der Waals surface area contributed by atoms with E-state index in [0.29, 0.717) is 47.9 Å². The molecule has 0 unspecified atom stereocenters. The zero-order valence-electron chi connectivity index (χ0n) is 25.0. The Kier molecular flexibility index (Phi) is 8.85. The van der Waals surface area contributed by atoms with Crippen molar-refractivity contribution in [2.75, 3.05) is 51.1 Å². The molecule has 2 N–H and O–H groups in total. The molecule has 0 atom stereocenters. The molecule has 2 saturated heterocycles. The molecule has 14 heteroatoms. The lowest BCUT2D eigenvalue weighted by molar-refractivity contribution is -0.130. The Labute approximate surface area is 262 Å². The first-order valence-corrected chi connectivity index (χ1v) is 15.9. The molecule has 6 rings (SSSR count). The molecule has 10 nitrogen and oxygen atoms in total. The van der Waals surface area contributed by atoms with Crippen molar-refractivity contribution in [1.29, 1.82) is 5.26 Å². The van der Waals surface area contributed by atoms with Crippen LogP contribution in [0, 0.1) is 11.3 Å². The summed E-state index contributed by atoms with van der Waals surface area (Å²) in [6, 6.07) is 9.52. The highest BCUT2D eigenvalue weighted by molar-refractivity contribution is 7.18. The van der Waals surface area contributed by atoms with Gasteiger partial charge >= 0.3 is 6.18 Å². The van der Waals surface area contributed by atoms with Gasteiger partial charge in [-0.25, -0.2) is 9.97 Å². The second kappa shape index (κ2) is 12.8. The molecule has 2 fully saturated rings. The molecule has 0 radical (unpaired) electrons. The zero-order chi connectivity index (χ0) is 31.7. The van der Waals surface area contributed by atoms with Crippen molar-refractivity contribution in [2.24, 2.45) is 0 Å². The number of aromatic nitrogens is 3. The second-order valence-electron chi connectivity index (χ2n) is 11.8. The number of aromatic hydroxyl groups is 1. The molecule has 0 saturated carbocycles. The Morgan fingerprint density at radius 1 is 1.07 bits per heavy atom. The number of phenols is 1. The molecule has 2 aliphatic rings. The van der Waals surface area contributed by atoms with E-state index >= 15 is 0 Å². The third kappa shape index (κ3) is 7.16. The van der Waals surface area contributed by atoms with Crippen LogP contribution in [0.3, 0.4) is 0 Å². The smallest absolute Gasteiger partial charge is 0.393 e. The fourth-order valence-electron chi connectivity index (χ4n) is 6.31. The van der Waals surface area contributed by atoms with Gasteiger partial charge in [0.15, 0.2) is 0 Å². The quantitative estimate of drug-likeness (QED) is 0.288. The van der Waals surface area contributed by atoms with Crippen LogP contribution in [0.5, 0.6) is 5.75 Å². The third-order valence-corrected chi connectivity index (χ3v) is 9.79. The zero-order valence-corrected chi connectivity index (χ0v) is 25.8. The molecule has 2 aliphatic heterocycles. The Hall–Kier alpha value is -3.93. The number of halogens is 3. The predicted molar refractivity (Wildman–Crippen MR) is 166 cm³/mol. The number of thiophene rings is 1. The van der Waals surface area contributed by atoms with Gasteiger partial charge in [0.2, 0.25) is 5.91 Å². The van der Waals surface area contributed by atoms with E-state index < -0.39 is 12.6 Å². The van der Waals surface area contributed by atoms with Crippen molar-refractivity contribution in [3.63, 3.8) is 0 Å². The van der Waals surface area contributed by atoms with Crippen LogP contribution in [0.15, 0.2) is 30.6 Å². The molecule has 0 aliphatic carbocycles. The lowest BCUT2D eigenvalue weighted by Gasteiger charge is -2.34. The Balaban J connectivity index is 1.07. The standard InChI is InChI=1S/C31H35F3N8O2S/c1-20(43)41-9-6-39(7-10-41)8-11-42-24(17-35)13-21-12-22(28(44)15-27(21)42)18-40-4-2-23(3-5-40)38-29-26-14-25(16-31(32,33)34)45-30(26)37-19-36-29/h12-15,19,23,44H,2-11,16,18H2,1H3,(H,36,37,38). The summed E-state index contributed by atoms with van der Waals surface area (Å²) in [7, 11) is 0. The lowest BCUT2D eigenvalue weighted by Crippen LogP contribution is -2.48. The van der Waals surface area contributed by atoms with Crippen LogP contribution in [-0.2, 0) is 24.3 Å². The molecule has 0 bridgehead atoms. The van der Waals surface area contributed by atoms with Crippen molar-refractivity contribution in [2.45, 2.75) is 51.5 Å². The Morgan fingerprint density at radius 3 is 2.51 bits per heavy atom. The summed E-state index contributed by atoms with van der Waals surface area (Å²) in [5, 5.41) is 25.8. The molecule has 1 amide bonds. The van der Waals surface area contributed by atoms with Gasteiger partial charge in [-0.1, -0.05) is 0 Å². The SMILES string of the molecule is CC(=O)N1CCN(CCn2c(C#N)cc3cc(CN4CCC(Nc5ncnc6sc(CC(F)(F)F)cc56)CC4)c(O)cc32)CC1. The van der Waals surface area contributed by atoms with Crippen molar-refractivity contribution in [1.82, 2.24) is 29.2 Å². The number of carbonyl (C=O) groups is 1. The van der Waals surface area contributed by atoms with Gasteiger partial charge < -0.3 is 19.9 Å². The number of anilines is 1. The molecule has 3 aromatic heterocycles. The molecular weight excluding hydrogens is 605 g/mol. The predicted octanol–water partition coefficient (Wildman–Crippen LogP) is 4.57. The highest BCUT2D eigenvalue weighted by Crippen LogP contribution is 2.34. The number of amides is 1. The molecule has 238 valence electrons. The first kappa shape index (κ1) is 31.1. The Bertz CT molecular complexity index is 1730. The number of carbonyl (C=O) groups excluding carboxylic acids is 1. The molecular formula is C31H35F3N8O2S. The number of hydrogen-bond acceptors (Lipinski definition) is 9. The Morgan fingerprint density at radius 2 is 1.82 bits per heavy atom. The van der Waals surface area contributed by atoms with Crippen LogP contribution in [-0.4, -0.2) is 98.3 Å². The van der Waals surface area contributed by atoms with E-state index in [9.17, 15) is 28.3 Å². The summed E-state index contributed by atoms with van der Waals surface area (Å²) >= 11 is 1.04. The second-order valence-corrected chi connectivity index (χ2v) is 12.9. The summed E-state index contributed by atoms with van der Waals surface area (Å²) in [6.45, 7) is 8.05. The number of piperidine rings is 1. The normalized spacial score (nSPS) is 17.3. The van der Waals surface area contributed by atoms with E-state index in [1.165, 1.54) is 12.4 Å². The van der Waals surface area contributed by atoms with E-state index in [2.05, 4.69) is 31.2 Å². The van der Waals surface area contributed by atoms with Gasteiger partial charge in [-0.2, -0.15) is 18.4 Å². The number of nitrogens with one attached hydrogen (secondary N) is 1. The minimum atomic E-state index is -4.27. The monoisotopic (exact) mass is 640 g/mol. The van der Waals surface area contributed by atoms with Crippen LogP contribution in [0.2, 0.25) is 0 Å². The fourth-order valence-corrected chi connectivity index (χ4v) is 7.33. The molecule has 1 aromatic carbocycles. The number of hydrogen-bond donors (Lipinski definition) is 2. The van der Waals surface area contributed by atoms with Gasteiger partial charge in [0, 0.05) is 93.8 Å². The highest BCUT2D eigenvalue weighted by atomic mass is 32.1. The van der Waals surface area contributed by atoms with Gasteiger partial charge in [0.1, 0.15) is 34.5 Å².